The second-order valence-corrected chi connectivity index (χ2v) is 6.07. The van der Waals surface area contributed by atoms with Crippen molar-refractivity contribution in [1.29, 1.82) is 0 Å². The van der Waals surface area contributed by atoms with Gasteiger partial charge in [0.15, 0.2) is 0 Å². The minimum absolute atomic E-state index is 0.131. The Kier molecular flexibility index (Phi) is 5.15. The SMILES string of the molecule is O=C(NC[C@H](c1cccc(Cl)c1)N1CCCC1)Nc1cn[nH]c1. The van der Waals surface area contributed by atoms with Gasteiger partial charge in [-0.05, 0) is 43.6 Å². The smallest absolute Gasteiger partial charge is 0.319 e. The van der Waals surface area contributed by atoms with Gasteiger partial charge in [0.25, 0.3) is 0 Å². The number of aromatic amines is 1. The van der Waals surface area contributed by atoms with E-state index in [1.807, 2.05) is 18.2 Å². The summed E-state index contributed by atoms with van der Waals surface area (Å²) in [6.45, 7) is 2.62. The lowest BCUT2D eigenvalue weighted by Crippen LogP contribution is -2.38. The molecule has 0 radical (unpaired) electrons. The van der Waals surface area contributed by atoms with Crippen LogP contribution in [0.15, 0.2) is 36.7 Å². The highest BCUT2D eigenvalue weighted by Gasteiger charge is 2.24. The fraction of sp³-hybridized carbons (Fsp3) is 0.375. The number of anilines is 1. The van der Waals surface area contributed by atoms with Crippen LogP contribution in [0.4, 0.5) is 10.5 Å². The van der Waals surface area contributed by atoms with E-state index in [-0.39, 0.29) is 12.1 Å². The Labute approximate surface area is 140 Å². The summed E-state index contributed by atoms with van der Waals surface area (Å²) >= 11 is 6.12. The second kappa shape index (κ2) is 7.48. The van der Waals surface area contributed by atoms with Crippen molar-refractivity contribution < 1.29 is 4.79 Å². The Balaban J connectivity index is 1.65. The molecule has 0 saturated carbocycles. The molecule has 1 aliphatic heterocycles. The summed E-state index contributed by atoms with van der Waals surface area (Å²) in [7, 11) is 0. The highest BCUT2D eigenvalue weighted by Crippen LogP contribution is 2.26. The number of hydrogen-bond acceptors (Lipinski definition) is 3. The maximum absolute atomic E-state index is 12.0. The van der Waals surface area contributed by atoms with E-state index in [0.717, 1.165) is 23.7 Å². The first-order chi connectivity index (χ1) is 11.2. The number of halogens is 1. The predicted molar refractivity (Wildman–Crippen MR) is 90.6 cm³/mol. The van der Waals surface area contributed by atoms with E-state index in [0.29, 0.717) is 12.2 Å². The number of nitrogens with zero attached hydrogens (tertiary/aromatic N) is 2. The van der Waals surface area contributed by atoms with Crippen LogP contribution in [0.5, 0.6) is 0 Å². The molecule has 2 amide bonds. The molecule has 1 fully saturated rings. The summed E-state index contributed by atoms with van der Waals surface area (Å²) in [6, 6.07) is 7.74. The number of nitrogens with one attached hydrogen (secondary N) is 3. The number of benzene rings is 1. The zero-order valence-electron chi connectivity index (χ0n) is 12.8. The third kappa shape index (κ3) is 4.24. The normalized spacial score (nSPS) is 16.2. The average molecular weight is 334 g/mol. The number of H-pyrrole nitrogens is 1. The van der Waals surface area contributed by atoms with Gasteiger partial charge < -0.3 is 10.6 Å². The third-order valence-corrected chi connectivity index (χ3v) is 4.26. The maximum atomic E-state index is 12.0. The summed E-state index contributed by atoms with van der Waals surface area (Å²) in [5.74, 6) is 0. The minimum Gasteiger partial charge on any atom is -0.336 e. The minimum atomic E-state index is -0.238. The van der Waals surface area contributed by atoms with Crippen LogP contribution in [0.25, 0.3) is 0 Å². The van der Waals surface area contributed by atoms with Crippen molar-refractivity contribution in [3.8, 4) is 0 Å². The molecule has 0 bridgehead atoms. The van der Waals surface area contributed by atoms with Crippen molar-refractivity contribution >= 4 is 23.3 Å². The number of aromatic nitrogens is 2. The van der Waals surface area contributed by atoms with Gasteiger partial charge in [-0.1, -0.05) is 23.7 Å². The molecule has 0 unspecified atom stereocenters. The monoisotopic (exact) mass is 333 g/mol. The molecule has 7 heteroatoms. The molecular formula is C16H20ClN5O. The van der Waals surface area contributed by atoms with E-state index in [4.69, 9.17) is 11.6 Å². The Morgan fingerprint density at radius 1 is 1.39 bits per heavy atom. The van der Waals surface area contributed by atoms with Crippen molar-refractivity contribution in [3.05, 3.63) is 47.2 Å². The molecule has 6 nitrogen and oxygen atoms in total. The van der Waals surface area contributed by atoms with Gasteiger partial charge >= 0.3 is 6.03 Å². The molecule has 1 aliphatic rings. The number of amides is 2. The molecule has 3 rings (SSSR count). The molecule has 0 aliphatic carbocycles. The first-order valence-corrected chi connectivity index (χ1v) is 8.13. The number of urea groups is 1. The van der Waals surface area contributed by atoms with Crippen LogP contribution < -0.4 is 10.6 Å². The average Bonchev–Trinajstić information content (AvgIpc) is 3.21. The zero-order chi connectivity index (χ0) is 16.1. The number of hydrogen-bond donors (Lipinski definition) is 3. The Hall–Kier alpha value is -2.05. The quantitative estimate of drug-likeness (QED) is 0.787. The molecule has 23 heavy (non-hydrogen) atoms. The van der Waals surface area contributed by atoms with Gasteiger partial charge in [0.1, 0.15) is 0 Å². The van der Waals surface area contributed by atoms with E-state index in [9.17, 15) is 4.79 Å². The van der Waals surface area contributed by atoms with E-state index in [1.165, 1.54) is 12.8 Å². The summed E-state index contributed by atoms with van der Waals surface area (Å²) < 4.78 is 0. The van der Waals surface area contributed by atoms with Gasteiger partial charge in [0.05, 0.1) is 17.9 Å². The summed E-state index contributed by atoms with van der Waals surface area (Å²) in [5.41, 5.74) is 1.77. The number of carbonyl (C=O) groups excluding carboxylic acids is 1. The van der Waals surface area contributed by atoms with Gasteiger partial charge in [-0.2, -0.15) is 5.10 Å². The largest absolute Gasteiger partial charge is 0.336 e. The van der Waals surface area contributed by atoms with Gasteiger partial charge in [-0.25, -0.2) is 4.79 Å². The van der Waals surface area contributed by atoms with Crippen LogP contribution in [0, 0.1) is 0 Å². The summed E-state index contributed by atoms with van der Waals surface area (Å²) in [6.07, 6.45) is 5.58. The van der Waals surface area contributed by atoms with Crippen molar-refractivity contribution in [1.82, 2.24) is 20.4 Å². The van der Waals surface area contributed by atoms with E-state index in [1.54, 1.807) is 12.4 Å². The van der Waals surface area contributed by atoms with E-state index >= 15 is 0 Å². The van der Waals surface area contributed by atoms with Crippen LogP contribution in [0.2, 0.25) is 5.02 Å². The highest BCUT2D eigenvalue weighted by molar-refractivity contribution is 6.30. The Morgan fingerprint density at radius 3 is 2.91 bits per heavy atom. The van der Waals surface area contributed by atoms with Gasteiger partial charge in [0.2, 0.25) is 0 Å². The Bertz CT molecular complexity index is 640. The molecule has 1 atom stereocenters. The fourth-order valence-corrected chi connectivity index (χ4v) is 3.11. The first-order valence-electron chi connectivity index (χ1n) is 7.75. The fourth-order valence-electron chi connectivity index (χ4n) is 2.91. The van der Waals surface area contributed by atoms with Crippen molar-refractivity contribution in [2.45, 2.75) is 18.9 Å². The van der Waals surface area contributed by atoms with Crippen LogP contribution in [0.3, 0.4) is 0 Å². The van der Waals surface area contributed by atoms with Gasteiger partial charge in [-0.3, -0.25) is 10.00 Å². The van der Waals surface area contributed by atoms with Crippen molar-refractivity contribution in [2.75, 3.05) is 25.0 Å². The molecule has 1 aromatic carbocycles. The summed E-state index contributed by atoms with van der Waals surface area (Å²) in [5, 5.41) is 12.9. The summed E-state index contributed by atoms with van der Waals surface area (Å²) in [4.78, 5) is 14.4. The van der Waals surface area contributed by atoms with Gasteiger partial charge in [0, 0.05) is 17.8 Å². The van der Waals surface area contributed by atoms with Crippen LogP contribution in [0.1, 0.15) is 24.4 Å². The standard InChI is InChI=1S/C16H20ClN5O/c17-13-5-3-4-12(8-13)15(22-6-1-2-7-22)11-18-16(23)21-14-9-19-20-10-14/h3-5,8-10,15H,1-2,6-7,11H2,(H,19,20)(H2,18,21,23)/t15-/m1/s1. The molecular weight excluding hydrogens is 314 g/mol. The topological polar surface area (TPSA) is 73.1 Å². The van der Waals surface area contributed by atoms with Gasteiger partial charge in [-0.15, -0.1) is 0 Å². The molecule has 0 spiro atoms. The molecule has 1 saturated heterocycles. The van der Waals surface area contributed by atoms with Crippen LogP contribution in [-0.4, -0.2) is 40.8 Å². The number of carbonyl (C=O) groups is 1. The zero-order valence-corrected chi connectivity index (χ0v) is 13.5. The van der Waals surface area contributed by atoms with Crippen molar-refractivity contribution in [2.24, 2.45) is 0 Å². The number of rotatable bonds is 5. The molecule has 1 aromatic heterocycles. The lowest BCUT2D eigenvalue weighted by Gasteiger charge is -2.28. The second-order valence-electron chi connectivity index (χ2n) is 5.64. The third-order valence-electron chi connectivity index (χ3n) is 4.03. The van der Waals surface area contributed by atoms with Crippen LogP contribution in [-0.2, 0) is 0 Å². The molecule has 2 aromatic rings. The van der Waals surface area contributed by atoms with E-state index in [2.05, 4.69) is 31.8 Å². The predicted octanol–water partition coefficient (Wildman–Crippen LogP) is 3.02. The highest BCUT2D eigenvalue weighted by atomic mass is 35.5. The lowest BCUT2D eigenvalue weighted by molar-refractivity contribution is 0.227. The van der Waals surface area contributed by atoms with E-state index < -0.39 is 0 Å². The molecule has 2 heterocycles. The van der Waals surface area contributed by atoms with Crippen molar-refractivity contribution in [3.63, 3.8) is 0 Å². The Morgan fingerprint density at radius 2 is 2.22 bits per heavy atom. The lowest BCUT2D eigenvalue weighted by atomic mass is 10.1. The maximum Gasteiger partial charge on any atom is 0.319 e. The van der Waals surface area contributed by atoms with Crippen LogP contribution >= 0.6 is 11.6 Å². The molecule has 3 N–H and O–H groups in total. The molecule has 122 valence electrons. The number of likely N-dealkylation sites (tertiary alicyclic amines) is 1. The first kappa shape index (κ1) is 15.8.